The third kappa shape index (κ3) is 3.18. The summed E-state index contributed by atoms with van der Waals surface area (Å²) in [4.78, 5) is 2.57. The first-order chi connectivity index (χ1) is 9.70. The molecule has 110 valence electrons. The summed E-state index contributed by atoms with van der Waals surface area (Å²) >= 11 is 0. The Morgan fingerprint density at radius 3 is 2.70 bits per heavy atom. The predicted octanol–water partition coefficient (Wildman–Crippen LogP) is 2.95. The smallest absolute Gasteiger partial charge is 0.231 e. The highest BCUT2D eigenvalue weighted by atomic mass is 16.7. The van der Waals surface area contributed by atoms with Crippen molar-refractivity contribution in [2.75, 3.05) is 31.7 Å². The van der Waals surface area contributed by atoms with E-state index in [1.807, 2.05) is 12.1 Å². The number of nitrogens with zero attached hydrogens (tertiary/aromatic N) is 1. The number of piperidine rings is 1. The molecule has 2 aliphatic heterocycles. The molecular weight excluding hydrogens is 252 g/mol. The van der Waals surface area contributed by atoms with E-state index in [-0.39, 0.29) is 0 Å². The average Bonchev–Trinajstić information content (AvgIpc) is 2.88. The Balaban J connectivity index is 1.52. The number of rotatable bonds is 4. The number of anilines is 1. The minimum atomic E-state index is 0.340. The molecule has 1 fully saturated rings. The van der Waals surface area contributed by atoms with Crippen molar-refractivity contribution < 1.29 is 9.47 Å². The van der Waals surface area contributed by atoms with Crippen LogP contribution in [0.25, 0.3) is 0 Å². The van der Waals surface area contributed by atoms with Gasteiger partial charge in [-0.3, -0.25) is 0 Å². The SMILES string of the molecule is CC(C)CN1CCC(Nc2ccc3c(c2)OCO3)CC1. The topological polar surface area (TPSA) is 33.7 Å². The molecule has 3 rings (SSSR count). The van der Waals surface area contributed by atoms with E-state index in [2.05, 4.69) is 30.1 Å². The number of ether oxygens (including phenoxy) is 2. The zero-order chi connectivity index (χ0) is 13.9. The quantitative estimate of drug-likeness (QED) is 0.916. The van der Waals surface area contributed by atoms with Gasteiger partial charge in [-0.25, -0.2) is 0 Å². The van der Waals surface area contributed by atoms with Gasteiger partial charge in [-0.2, -0.15) is 0 Å². The maximum atomic E-state index is 5.42. The van der Waals surface area contributed by atoms with Crippen molar-refractivity contribution in [3.05, 3.63) is 18.2 Å². The molecule has 1 aromatic carbocycles. The molecular formula is C16H24N2O2. The monoisotopic (exact) mass is 276 g/mol. The zero-order valence-corrected chi connectivity index (χ0v) is 12.4. The summed E-state index contributed by atoms with van der Waals surface area (Å²) in [5.41, 5.74) is 1.14. The van der Waals surface area contributed by atoms with Crippen LogP contribution in [-0.4, -0.2) is 37.4 Å². The molecule has 0 radical (unpaired) electrons. The molecule has 0 spiro atoms. The maximum Gasteiger partial charge on any atom is 0.231 e. The zero-order valence-electron chi connectivity index (χ0n) is 12.4. The van der Waals surface area contributed by atoms with Crippen LogP contribution in [0.5, 0.6) is 11.5 Å². The minimum absolute atomic E-state index is 0.340. The molecule has 1 N–H and O–H groups in total. The van der Waals surface area contributed by atoms with Gasteiger partial charge in [0.25, 0.3) is 0 Å². The molecule has 2 aliphatic rings. The highest BCUT2D eigenvalue weighted by Gasteiger charge is 2.20. The van der Waals surface area contributed by atoms with Crippen LogP contribution in [0.15, 0.2) is 18.2 Å². The van der Waals surface area contributed by atoms with E-state index >= 15 is 0 Å². The highest BCUT2D eigenvalue weighted by Crippen LogP contribution is 2.34. The normalized spacial score (nSPS) is 19.6. The van der Waals surface area contributed by atoms with Crippen LogP contribution in [0, 0.1) is 5.92 Å². The molecule has 4 nitrogen and oxygen atoms in total. The lowest BCUT2D eigenvalue weighted by atomic mass is 10.0. The predicted molar refractivity (Wildman–Crippen MR) is 80.5 cm³/mol. The van der Waals surface area contributed by atoms with Crippen LogP contribution >= 0.6 is 0 Å². The van der Waals surface area contributed by atoms with Gasteiger partial charge in [-0.05, 0) is 30.9 Å². The Kier molecular flexibility index (Phi) is 4.01. The van der Waals surface area contributed by atoms with E-state index in [1.165, 1.54) is 32.5 Å². The number of hydrogen-bond acceptors (Lipinski definition) is 4. The third-order valence-corrected chi connectivity index (χ3v) is 3.95. The van der Waals surface area contributed by atoms with Crippen LogP contribution in [0.3, 0.4) is 0 Å². The third-order valence-electron chi connectivity index (χ3n) is 3.95. The Morgan fingerprint density at radius 2 is 1.95 bits per heavy atom. The molecule has 0 amide bonds. The van der Waals surface area contributed by atoms with Crippen molar-refractivity contribution in [2.24, 2.45) is 5.92 Å². The van der Waals surface area contributed by atoms with Crippen molar-refractivity contribution >= 4 is 5.69 Å². The van der Waals surface area contributed by atoms with Crippen LogP contribution < -0.4 is 14.8 Å². The molecule has 4 heteroatoms. The Bertz CT molecular complexity index is 454. The molecule has 2 heterocycles. The number of benzene rings is 1. The summed E-state index contributed by atoms with van der Waals surface area (Å²) in [6.07, 6.45) is 2.42. The minimum Gasteiger partial charge on any atom is -0.454 e. The summed E-state index contributed by atoms with van der Waals surface area (Å²) in [6, 6.07) is 6.67. The second kappa shape index (κ2) is 5.92. The first-order valence-corrected chi connectivity index (χ1v) is 7.59. The highest BCUT2D eigenvalue weighted by molar-refractivity contribution is 5.56. The van der Waals surface area contributed by atoms with Crippen molar-refractivity contribution in [3.63, 3.8) is 0 Å². The van der Waals surface area contributed by atoms with Gasteiger partial charge in [-0.15, -0.1) is 0 Å². The lowest BCUT2D eigenvalue weighted by Gasteiger charge is -2.33. The molecule has 1 aromatic rings. The van der Waals surface area contributed by atoms with Gasteiger partial charge in [0.15, 0.2) is 11.5 Å². The summed E-state index contributed by atoms with van der Waals surface area (Å²) in [7, 11) is 0. The second-order valence-electron chi connectivity index (χ2n) is 6.18. The van der Waals surface area contributed by atoms with Crippen LogP contribution in [0.2, 0.25) is 0 Å². The maximum absolute atomic E-state index is 5.42. The molecule has 0 aromatic heterocycles. The van der Waals surface area contributed by atoms with Gasteiger partial charge in [0.05, 0.1) is 0 Å². The summed E-state index contributed by atoms with van der Waals surface area (Å²) < 4.78 is 10.8. The lowest BCUT2D eigenvalue weighted by molar-refractivity contribution is 0.174. The van der Waals surface area contributed by atoms with E-state index in [0.717, 1.165) is 23.1 Å². The first-order valence-electron chi connectivity index (χ1n) is 7.59. The van der Waals surface area contributed by atoms with Crippen molar-refractivity contribution in [1.29, 1.82) is 0 Å². The largest absolute Gasteiger partial charge is 0.454 e. The van der Waals surface area contributed by atoms with Crippen LogP contribution in [-0.2, 0) is 0 Å². The molecule has 0 unspecified atom stereocenters. The Hall–Kier alpha value is -1.42. The molecule has 1 saturated heterocycles. The summed E-state index contributed by atoms with van der Waals surface area (Å²) in [5.74, 6) is 2.46. The number of likely N-dealkylation sites (tertiary alicyclic amines) is 1. The van der Waals surface area contributed by atoms with E-state index in [9.17, 15) is 0 Å². The average molecular weight is 276 g/mol. The molecule has 20 heavy (non-hydrogen) atoms. The van der Waals surface area contributed by atoms with Gasteiger partial charge >= 0.3 is 0 Å². The van der Waals surface area contributed by atoms with E-state index in [0.29, 0.717) is 12.8 Å². The van der Waals surface area contributed by atoms with Crippen molar-refractivity contribution in [3.8, 4) is 11.5 Å². The van der Waals surface area contributed by atoms with Gasteiger partial charge in [0.2, 0.25) is 6.79 Å². The standard InChI is InChI=1S/C16H24N2O2/c1-12(2)10-18-7-5-13(6-8-18)17-14-3-4-15-16(9-14)20-11-19-15/h3-4,9,12-13,17H,5-8,10-11H2,1-2H3. The number of hydrogen-bond donors (Lipinski definition) is 1. The van der Waals surface area contributed by atoms with Crippen LogP contribution in [0.1, 0.15) is 26.7 Å². The van der Waals surface area contributed by atoms with Gasteiger partial charge in [0.1, 0.15) is 0 Å². The van der Waals surface area contributed by atoms with E-state index in [4.69, 9.17) is 9.47 Å². The van der Waals surface area contributed by atoms with Crippen molar-refractivity contribution in [2.45, 2.75) is 32.7 Å². The molecule has 0 bridgehead atoms. The fourth-order valence-electron chi connectivity index (χ4n) is 3.00. The Morgan fingerprint density at radius 1 is 1.20 bits per heavy atom. The number of fused-ring (bicyclic) bond motifs is 1. The number of nitrogens with one attached hydrogen (secondary N) is 1. The van der Waals surface area contributed by atoms with Gasteiger partial charge in [0, 0.05) is 37.4 Å². The first kappa shape index (κ1) is 13.6. The Labute approximate surface area is 121 Å². The molecule has 0 atom stereocenters. The van der Waals surface area contributed by atoms with E-state index in [1.54, 1.807) is 0 Å². The van der Waals surface area contributed by atoms with Crippen LogP contribution in [0.4, 0.5) is 5.69 Å². The fraction of sp³-hybridized carbons (Fsp3) is 0.625. The fourth-order valence-corrected chi connectivity index (χ4v) is 3.00. The lowest BCUT2D eigenvalue weighted by Crippen LogP contribution is -2.40. The second-order valence-corrected chi connectivity index (χ2v) is 6.18. The molecule has 0 saturated carbocycles. The van der Waals surface area contributed by atoms with Gasteiger partial charge in [-0.1, -0.05) is 13.8 Å². The molecule has 0 aliphatic carbocycles. The van der Waals surface area contributed by atoms with Crippen molar-refractivity contribution in [1.82, 2.24) is 4.90 Å². The van der Waals surface area contributed by atoms with Gasteiger partial charge < -0.3 is 19.7 Å². The summed E-state index contributed by atoms with van der Waals surface area (Å²) in [6.45, 7) is 8.53. The summed E-state index contributed by atoms with van der Waals surface area (Å²) in [5, 5.41) is 3.62. The van der Waals surface area contributed by atoms with E-state index < -0.39 is 0 Å².